The number of aliphatic hydroxyl groups excluding tert-OH is 1. The zero-order chi connectivity index (χ0) is 24.2. The third kappa shape index (κ3) is 8.24. The Hall–Kier alpha value is -0.595. The Morgan fingerprint density at radius 3 is 2.33 bits per heavy atom. The number of hydrogen-bond acceptors (Lipinski definition) is 7. The number of ether oxygens (including phenoxy) is 2. The van der Waals surface area contributed by atoms with Gasteiger partial charge in [-0.05, 0) is 52.9 Å². The number of aliphatic hydroxyl groups is 1. The molecule has 1 saturated heterocycles. The van der Waals surface area contributed by atoms with E-state index < -0.39 is 34.6 Å². The summed E-state index contributed by atoms with van der Waals surface area (Å²) in [5.41, 5.74) is -4.06. The summed E-state index contributed by atoms with van der Waals surface area (Å²) in [5, 5.41) is 9.57. The molecule has 2 aromatic rings. The molecule has 33 heavy (non-hydrogen) atoms. The van der Waals surface area contributed by atoms with E-state index in [9.17, 15) is 26.9 Å². The van der Waals surface area contributed by atoms with Crippen LogP contribution in [0.4, 0.5) is 8.78 Å². The van der Waals surface area contributed by atoms with Crippen LogP contribution in [0.1, 0.15) is 29.7 Å². The normalized spacial score (nSPS) is 14.5. The SMILES string of the molecule is C1CCOC1.CS(=O)(=O)CCCOc1cc(CO)cc2c(Br)c(C(F)(F)P(=O)(O)O)sc12.[B]. The predicted molar refractivity (Wildman–Crippen MR) is 127 cm³/mol. The van der Waals surface area contributed by atoms with Gasteiger partial charge in [0, 0.05) is 37.7 Å². The Labute approximate surface area is 205 Å². The third-order valence-corrected chi connectivity index (χ3v) is 8.83. The molecule has 8 nitrogen and oxygen atoms in total. The highest BCUT2D eigenvalue weighted by Crippen LogP contribution is 2.63. The van der Waals surface area contributed by atoms with E-state index in [1.807, 2.05) is 0 Å². The first-order valence-electron chi connectivity index (χ1n) is 9.46. The van der Waals surface area contributed by atoms with Crippen molar-refractivity contribution >= 4 is 63.2 Å². The van der Waals surface area contributed by atoms with Crippen molar-refractivity contribution in [3.05, 3.63) is 27.0 Å². The quantitative estimate of drug-likeness (QED) is 0.241. The van der Waals surface area contributed by atoms with Gasteiger partial charge in [-0.25, -0.2) is 8.42 Å². The first-order chi connectivity index (χ1) is 14.8. The van der Waals surface area contributed by atoms with E-state index in [-0.39, 0.29) is 47.5 Å². The van der Waals surface area contributed by atoms with Crippen molar-refractivity contribution < 1.29 is 46.1 Å². The molecule has 1 aliphatic rings. The minimum atomic E-state index is -5.76. The number of alkyl halides is 2. The van der Waals surface area contributed by atoms with Crippen LogP contribution in [-0.2, 0) is 31.4 Å². The van der Waals surface area contributed by atoms with E-state index in [1.165, 1.54) is 25.0 Å². The van der Waals surface area contributed by atoms with E-state index in [4.69, 9.17) is 19.3 Å². The number of thiophene rings is 1. The van der Waals surface area contributed by atoms with Gasteiger partial charge in [-0.2, -0.15) is 8.78 Å². The van der Waals surface area contributed by atoms with Crippen LogP contribution in [0.25, 0.3) is 10.1 Å². The van der Waals surface area contributed by atoms with Crippen LogP contribution in [-0.4, -0.2) is 63.6 Å². The summed E-state index contributed by atoms with van der Waals surface area (Å²) < 4.78 is 72.3. The van der Waals surface area contributed by atoms with E-state index in [2.05, 4.69) is 15.9 Å². The standard InChI is InChI=1S/C14H16BrF2O7PS2.C4H8O.B/c1-27(22,23)4-2-3-24-10-6-8(7-18)5-9-11(15)13(26-12(9)10)14(16,17)25(19,20)21;1-2-4-5-3-1;/h5-6,18H,2-4,7H2,1H3,(H2,19,20,21);1-4H2;. The van der Waals surface area contributed by atoms with Gasteiger partial charge in [0.2, 0.25) is 0 Å². The Balaban J connectivity index is 0.000000799. The van der Waals surface area contributed by atoms with Crippen LogP contribution in [0.2, 0.25) is 0 Å². The molecule has 0 atom stereocenters. The van der Waals surface area contributed by atoms with Gasteiger partial charge in [-0.1, -0.05) is 0 Å². The average molecular weight is 592 g/mol. The number of hydrogen-bond donors (Lipinski definition) is 3. The summed E-state index contributed by atoms with van der Waals surface area (Å²) in [6.45, 7) is 1.57. The average Bonchev–Trinajstić information content (AvgIpc) is 3.36. The molecule has 15 heteroatoms. The second kappa shape index (κ2) is 12.4. The molecule has 1 aromatic carbocycles. The Morgan fingerprint density at radius 1 is 1.27 bits per heavy atom. The fourth-order valence-corrected chi connectivity index (χ4v) is 6.35. The summed E-state index contributed by atoms with van der Waals surface area (Å²) in [6.07, 6.45) is 3.80. The van der Waals surface area contributed by atoms with Crippen LogP contribution in [0.15, 0.2) is 16.6 Å². The van der Waals surface area contributed by atoms with E-state index >= 15 is 0 Å². The van der Waals surface area contributed by atoms with Crippen LogP contribution < -0.4 is 4.74 Å². The molecule has 1 fully saturated rings. The fourth-order valence-electron chi connectivity index (χ4n) is 2.73. The summed E-state index contributed by atoms with van der Waals surface area (Å²) in [6, 6.07) is 2.81. The lowest BCUT2D eigenvalue weighted by Gasteiger charge is -2.16. The van der Waals surface area contributed by atoms with E-state index in [0.29, 0.717) is 16.9 Å². The third-order valence-electron chi connectivity index (χ3n) is 4.32. The van der Waals surface area contributed by atoms with E-state index in [0.717, 1.165) is 19.5 Å². The lowest BCUT2D eigenvalue weighted by molar-refractivity contribution is 0.0595. The molecule has 0 spiro atoms. The van der Waals surface area contributed by atoms with Gasteiger partial charge in [-0.15, -0.1) is 11.3 Å². The molecule has 0 unspecified atom stereocenters. The zero-order valence-electron chi connectivity index (χ0n) is 17.7. The first-order valence-corrected chi connectivity index (χ1v) is 14.7. The maximum atomic E-state index is 14.2. The van der Waals surface area contributed by atoms with E-state index in [1.54, 1.807) is 0 Å². The Bertz CT molecular complexity index is 1080. The van der Waals surface area contributed by atoms with Gasteiger partial charge in [0.15, 0.2) is 0 Å². The smallest absolute Gasteiger partial charge is 0.400 e. The molecule has 0 saturated carbocycles. The molecule has 3 radical (unpaired) electrons. The van der Waals surface area contributed by atoms with Crippen molar-refractivity contribution in [2.45, 2.75) is 31.5 Å². The number of sulfone groups is 1. The lowest BCUT2D eigenvalue weighted by Crippen LogP contribution is -2.12. The minimum Gasteiger partial charge on any atom is -0.492 e. The van der Waals surface area contributed by atoms with Gasteiger partial charge in [0.25, 0.3) is 0 Å². The van der Waals surface area contributed by atoms with Crippen LogP contribution in [0, 0.1) is 0 Å². The van der Waals surface area contributed by atoms with Crippen molar-refractivity contribution in [1.29, 1.82) is 0 Å². The zero-order valence-corrected chi connectivity index (χ0v) is 21.8. The van der Waals surface area contributed by atoms with Crippen molar-refractivity contribution in [2.75, 3.05) is 31.8 Å². The summed E-state index contributed by atoms with van der Waals surface area (Å²) in [7, 11) is -8.94. The number of benzene rings is 1. The fraction of sp³-hybridized carbons (Fsp3) is 0.556. The van der Waals surface area contributed by atoms with Gasteiger partial charge in [-0.3, -0.25) is 4.57 Å². The van der Waals surface area contributed by atoms with Gasteiger partial charge >= 0.3 is 13.3 Å². The van der Waals surface area contributed by atoms with Gasteiger partial charge in [0.05, 0.1) is 23.7 Å². The molecule has 1 aromatic heterocycles. The monoisotopic (exact) mass is 591 g/mol. The maximum Gasteiger partial charge on any atom is 0.400 e. The van der Waals surface area contributed by atoms with Crippen LogP contribution in [0.5, 0.6) is 5.75 Å². The highest BCUT2D eigenvalue weighted by atomic mass is 79.9. The van der Waals surface area contributed by atoms with Crippen molar-refractivity contribution in [1.82, 2.24) is 0 Å². The lowest BCUT2D eigenvalue weighted by atomic mass is 10.1. The second-order valence-electron chi connectivity index (χ2n) is 7.11. The summed E-state index contributed by atoms with van der Waals surface area (Å²) >= 11 is 3.41. The Kier molecular flexibility index (Phi) is 11.4. The predicted octanol–water partition coefficient (Wildman–Crippen LogP) is 3.61. The molecular formula is C18H24BBrF2O8PS2. The molecule has 185 valence electrons. The Morgan fingerprint density at radius 2 is 1.88 bits per heavy atom. The van der Waals surface area contributed by atoms with Crippen molar-refractivity contribution in [3.8, 4) is 5.75 Å². The second-order valence-corrected chi connectivity index (χ2v) is 12.8. The topological polar surface area (TPSA) is 130 Å². The minimum absolute atomic E-state index is 0. The number of halogens is 3. The van der Waals surface area contributed by atoms with Crippen LogP contribution >= 0.6 is 34.9 Å². The molecule has 3 N–H and O–H groups in total. The molecule has 0 aliphatic carbocycles. The summed E-state index contributed by atoms with van der Waals surface area (Å²) in [4.78, 5) is 17.1. The van der Waals surface area contributed by atoms with Gasteiger partial charge in [0.1, 0.15) is 20.5 Å². The first kappa shape index (κ1) is 30.4. The molecule has 0 bridgehead atoms. The molecule has 2 heterocycles. The number of rotatable bonds is 8. The van der Waals surface area contributed by atoms with Crippen molar-refractivity contribution in [3.63, 3.8) is 0 Å². The highest BCUT2D eigenvalue weighted by Gasteiger charge is 2.53. The molecular weight excluding hydrogens is 568 g/mol. The van der Waals surface area contributed by atoms with Crippen molar-refractivity contribution in [2.24, 2.45) is 0 Å². The molecule has 3 rings (SSSR count). The number of fused-ring (bicyclic) bond motifs is 1. The summed E-state index contributed by atoms with van der Waals surface area (Å²) in [5.74, 6) is -0.00518. The molecule has 0 amide bonds. The largest absolute Gasteiger partial charge is 0.492 e. The van der Waals surface area contributed by atoms with Crippen LogP contribution in [0.3, 0.4) is 0 Å². The maximum absolute atomic E-state index is 14.2. The highest BCUT2D eigenvalue weighted by molar-refractivity contribution is 9.10. The molecule has 1 aliphatic heterocycles. The van der Waals surface area contributed by atoms with Gasteiger partial charge < -0.3 is 24.4 Å².